The summed E-state index contributed by atoms with van der Waals surface area (Å²) in [5.74, 6) is 1.13. The quantitative estimate of drug-likeness (QED) is 0.850. The molecule has 1 aliphatic rings. The lowest BCUT2D eigenvalue weighted by atomic mass is 10.2. The first-order chi connectivity index (χ1) is 9.53. The molecule has 0 radical (unpaired) electrons. The van der Waals surface area contributed by atoms with E-state index in [9.17, 15) is 0 Å². The van der Waals surface area contributed by atoms with E-state index in [4.69, 9.17) is 4.84 Å². The maximum absolute atomic E-state index is 5.92. The fraction of sp³-hybridized carbons (Fsp3) is 0.533. The molecule has 0 N–H and O–H groups in total. The fourth-order valence-corrected chi connectivity index (χ4v) is 3.27. The Kier molecular flexibility index (Phi) is 3.67. The second kappa shape index (κ2) is 5.31. The van der Waals surface area contributed by atoms with Crippen LogP contribution in [0.5, 0.6) is 0 Å². The molecule has 3 rings (SSSR count). The van der Waals surface area contributed by atoms with Crippen LogP contribution < -0.4 is 4.90 Å². The predicted octanol–water partition coefficient (Wildman–Crippen LogP) is 3.15. The van der Waals surface area contributed by atoms with Gasteiger partial charge in [0.15, 0.2) is 0 Å². The van der Waals surface area contributed by atoms with Crippen molar-refractivity contribution in [3.05, 3.63) is 24.3 Å². The fourth-order valence-electron chi connectivity index (χ4n) is 2.48. The van der Waals surface area contributed by atoms with E-state index >= 15 is 0 Å². The third-order valence-corrected chi connectivity index (χ3v) is 4.12. The molecule has 0 aliphatic carbocycles. The predicted molar refractivity (Wildman–Crippen MR) is 84.2 cm³/mol. The van der Waals surface area contributed by atoms with Gasteiger partial charge in [0.1, 0.15) is 5.82 Å². The summed E-state index contributed by atoms with van der Waals surface area (Å²) >= 11 is 1.58. The Morgan fingerprint density at radius 2 is 1.80 bits per heavy atom. The number of fused-ring (bicyclic) bond motifs is 1. The summed E-state index contributed by atoms with van der Waals surface area (Å²) in [4.78, 5) is 8.28. The first-order valence-electron chi connectivity index (χ1n) is 7.06. The van der Waals surface area contributed by atoms with Gasteiger partial charge in [-0.1, -0.05) is 12.1 Å². The van der Waals surface area contributed by atoms with Crippen molar-refractivity contribution in [3.8, 4) is 0 Å². The highest BCUT2D eigenvalue weighted by atomic mass is 32.1. The lowest BCUT2D eigenvalue weighted by Gasteiger charge is -2.37. The van der Waals surface area contributed by atoms with Crippen molar-refractivity contribution in [2.45, 2.75) is 26.4 Å². The lowest BCUT2D eigenvalue weighted by Crippen LogP contribution is -2.48. The van der Waals surface area contributed by atoms with Crippen molar-refractivity contribution in [3.63, 3.8) is 0 Å². The molecule has 0 unspecified atom stereocenters. The van der Waals surface area contributed by atoms with E-state index in [1.807, 2.05) is 0 Å². The Bertz CT molecular complexity index is 582. The van der Waals surface area contributed by atoms with E-state index in [1.165, 1.54) is 10.1 Å². The Morgan fingerprint density at radius 3 is 2.50 bits per heavy atom. The Hall–Kier alpha value is -1.17. The molecule has 1 aromatic carbocycles. The number of hydroxylamine groups is 2. The molecule has 1 aliphatic heterocycles. The van der Waals surface area contributed by atoms with Crippen LogP contribution in [-0.2, 0) is 4.84 Å². The van der Waals surface area contributed by atoms with Gasteiger partial charge >= 0.3 is 0 Å². The SMILES string of the molecule is CC(C)(C)ON1CCN(c2nsc3ccccc23)CC1. The highest BCUT2D eigenvalue weighted by Gasteiger charge is 2.24. The molecule has 5 heteroatoms. The number of rotatable bonds is 2. The monoisotopic (exact) mass is 291 g/mol. The minimum absolute atomic E-state index is 0.116. The van der Waals surface area contributed by atoms with Crippen molar-refractivity contribution in [2.75, 3.05) is 31.1 Å². The first kappa shape index (κ1) is 13.8. The maximum Gasteiger partial charge on any atom is 0.150 e. The van der Waals surface area contributed by atoms with Crippen molar-refractivity contribution >= 4 is 27.4 Å². The smallest absolute Gasteiger partial charge is 0.150 e. The zero-order valence-corrected chi connectivity index (χ0v) is 13.1. The minimum Gasteiger partial charge on any atom is -0.353 e. The highest BCUT2D eigenvalue weighted by molar-refractivity contribution is 7.13. The van der Waals surface area contributed by atoms with Gasteiger partial charge in [0.2, 0.25) is 0 Å². The van der Waals surface area contributed by atoms with Crippen LogP contribution in [0.25, 0.3) is 10.1 Å². The van der Waals surface area contributed by atoms with E-state index in [0.717, 1.165) is 32.0 Å². The molecule has 2 heterocycles. The second-order valence-corrected chi connectivity index (χ2v) is 6.93. The molecular weight excluding hydrogens is 270 g/mol. The van der Waals surface area contributed by atoms with E-state index in [0.29, 0.717) is 0 Å². The number of hydrogen-bond acceptors (Lipinski definition) is 5. The summed E-state index contributed by atoms with van der Waals surface area (Å²) in [5.41, 5.74) is -0.116. The molecule has 108 valence electrons. The molecule has 4 nitrogen and oxygen atoms in total. The molecule has 0 amide bonds. The van der Waals surface area contributed by atoms with E-state index in [2.05, 4.69) is 59.4 Å². The molecule has 0 spiro atoms. The van der Waals surface area contributed by atoms with Crippen LogP contribution in [0.1, 0.15) is 20.8 Å². The Labute approximate surface area is 124 Å². The van der Waals surface area contributed by atoms with Crippen LogP contribution in [0, 0.1) is 0 Å². The van der Waals surface area contributed by atoms with Gasteiger partial charge in [-0.15, -0.1) is 0 Å². The molecule has 20 heavy (non-hydrogen) atoms. The standard InChI is InChI=1S/C15H21N3OS/c1-15(2,3)19-18-10-8-17(9-11-18)14-12-6-4-5-7-13(12)20-16-14/h4-7H,8-11H2,1-3H3. The minimum atomic E-state index is -0.116. The summed E-state index contributed by atoms with van der Waals surface area (Å²) in [6, 6.07) is 8.44. The number of nitrogens with zero attached hydrogens (tertiary/aromatic N) is 3. The van der Waals surface area contributed by atoms with Gasteiger partial charge in [0, 0.05) is 31.6 Å². The van der Waals surface area contributed by atoms with Gasteiger partial charge in [-0.25, -0.2) is 0 Å². The zero-order chi connectivity index (χ0) is 14.2. The molecule has 2 aromatic rings. The van der Waals surface area contributed by atoms with Crippen LogP contribution in [0.4, 0.5) is 5.82 Å². The normalized spacial score (nSPS) is 17.9. The number of hydrogen-bond donors (Lipinski definition) is 0. The third-order valence-electron chi connectivity index (χ3n) is 3.30. The average Bonchev–Trinajstić information content (AvgIpc) is 2.82. The molecule has 1 fully saturated rings. The number of aromatic nitrogens is 1. The molecule has 1 saturated heterocycles. The summed E-state index contributed by atoms with van der Waals surface area (Å²) in [6.45, 7) is 10.0. The Balaban J connectivity index is 1.69. The van der Waals surface area contributed by atoms with E-state index < -0.39 is 0 Å². The molecule has 0 atom stereocenters. The highest BCUT2D eigenvalue weighted by Crippen LogP contribution is 2.30. The molecule has 0 saturated carbocycles. The number of piperazine rings is 1. The topological polar surface area (TPSA) is 28.6 Å². The molecule has 0 bridgehead atoms. The van der Waals surface area contributed by atoms with Crippen LogP contribution in [0.3, 0.4) is 0 Å². The first-order valence-corrected chi connectivity index (χ1v) is 7.84. The maximum atomic E-state index is 5.92. The van der Waals surface area contributed by atoms with Crippen molar-refractivity contribution in [1.29, 1.82) is 0 Å². The zero-order valence-electron chi connectivity index (χ0n) is 12.3. The van der Waals surface area contributed by atoms with E-state index in [1.54, 1.807) is 11.5 Å². The molecular formula is C15H21N3OS. The number of anilines is 1. The van der Waals surface area contributed by atoms with Crippen molar-refractivity contribution < 1.29 is 4.84 Å². The number of benzene rings is 1. The van der Waals surface area contributed by atoms with Crippen LogP contribution >= 0.6 is 11.5 Å². The average molecular weight is 291 g/mol. The van der Waals surface area contributed by atoms with Crippen LogP contribution in [0.2, 0.25) is 0 Å². The van der Waals surface area contributed by atoms with Gasteiger partial charge < -0.3 is 4.90 Å². The van der Waals surface area contributed by atoms with Gasteiger partial charge in [-0.2, -0.15) is 9.44 Å². The van der Waals surface area contributed by atoms with Gasteiger partial charge in [0.05, 0.1) is 10.3 Å². The van der Waals surface area contributed by atoms with Gasteiger partial charge in [-0.05, 0) is 44.4 Å². The molecule has 1 aromatic heterocycles. The summed E-state index contributed by atoms with van der Waals surface area (Å²) < 4.78 is 5.89. The summed E-state index contributed by atoms with van der Waals surface area (Å²) in [6.07, 6.45) is 0. The lowest BCUT2D eigenvalue weighted by molar-refractivity contribution is -0.230. The van der Waals surface area contributed by atoms with Gasteiger partial charge in [-0.3, -0.25) is 4.84 Å². The van der Waals surface area contributed by atoms with Crippen LogP contribution in [-0.4, -0.2) is 41.2 Å². The van der Waals surface area contributed by atoms with Crippen molar-refractivity contribution in [1.82, 2.24) is 9.44 Å². The largest absolute Gasteiger partial charge is 0.353 e. The third kappa shape index (κ3) is 2.95. The summed E-state index contributed by atoms with van der Waals surface area (Å²) in [7, 11) is 0. The van der Waals surface area contributed by atoms with Crippen molar-refractivity contribution in [2.24, 2.45) is 0 Å². The second-order valence-electron chi connectivity index (χ2n) is 6.12. The van der Waals surface area contributed by atoms with Crippen LogP contribution in [0.15, 0.2) is 24.3 Å². The van der Waals surface area contributed by atoms with Gasteiger partial charge in [0.25, 0.3) is 0 Å². The Morgan fingerprint density at radius 1 is 1.10 bits per heavy atom. The van der Waals surface area contributed by atoms with E-state index in [-0.39, 0.29) is 5.60 Å². The summed E-state index contributed by atoms with van der Waals surface area (Å²) in [5, 5.41) is 3.34.